The summed E-state index contributed by atoms with van der Waals surface area (Å²) in [6, 6.07) is 14.2. The van der Waals surface area contributed by atoms with Crippen molar-refractivity contribution in [2.45, 2.75) is 26.7 Å². The molecule has 0 saturated carbocycles. The highest BCUT2D eigenvalue weighted by Crippen LogP contribution is 2.27. The number of imidazole rings is 1. The van der Waals surface area contributed by atoms with E-state index in [4.69, 9.17) is 15.0 Å². The smallest absolute Gasteiger partial charge is 0.140 e. The largest absolute Gasteiger partial charge is 0.494 e. The lowest BCUT2D eigenvalue weighted by Crippen LogP contribution is -1.95. The number of hydrogen-bond acceptors (Lipinski definition) is 3. The highest BCUT2D eigenvalue weighted by molar-refractivity contribution is 5.68. The second-order valence-corrected chi connectivity index (χ2v) is 5.50. The topological polar surface area (TPSA) is 50.3 Å². The third-order valence-corrected chi connectivity index (χ3v) is 3.79. The average molecular weight is 305 g/mol. The molecule has 0 bridgehead atoms. The molecule has 4 nitrogen and oxygen atoms in total. The monoisotopic (exact) mass is 305 g/mol. The molecule has 0 amide bonds. The van der Waals surface area contributed by atoms with E-state index in [0.29, 0.717) is 13.0 Å². The molecule has 0 radical (unpaired) electrons. The first-order chi connectivity index (χ1) is 11.2. The fourth-order valence-corrected chi connectivity index (χ4v) is 2.66. The van der Waals surface area contributed by atoms with Gasteiger partial charge in [-0.05, 0) is 49.2 Å². The maximum atomic E-state index is 9.17. The van der Waals surface area contributed by atoms with Crippen LogP contribution in [0, 0.1) is 18.3 Å². The Morgan fingerprint density at radius 2 is 2.00 bits per heavy atom. The van der Waals surface area contributed by atoms with Crippen molar-refractivity contribution in [3.63, 3.8) is 0 Å². The fourth-order valence-electron chi connectivity index (χ4n) is 2.66. The minimum atomic E-state index is 0.327. The summed E-state index contributed by atoms with van der Waals surface area (Å²) in [5.41, 5.74) is 4.79. The van der Waals surface area contributed by atoms with E-state index < -0.39 is 0 Å². The Morgan fingerprint density at radius 3 is 2.70 bits per heavy atom. The standard InChI is InChI=1S/C19H19N3O/c1-3-13-23-16-8-6-15(7-9-16)18-17(10-11-20)22-12-4-5-14(2)19(22)21-18/h4-9,12H,3,10,13H2,1-2H3. The summed E-state index contributed by atoms with van der Waals surface area (Å²) >= 11 is 0. The van der Waals surface area contributed by atoms with Gasteiger partial charge in [0.1, 0.15) is 11.4 Å². The number of aryl methyl sites for hydroxylation is 1. The number of nitrogens with zero attached hydrogens (tertiary/aromatic N) is 3. The van der Waals surface area contributed by atoms with Crippen molar-refractivity contribution in [3.05, 3.63) is 53.9 Å². The lowest BCUT2D eigenvalue weighted by molar-refractivity contribution is 0.317. The maximum absolute atomic E-state index is 9.17. The van der Waals surface area contributed by atoms with Crippen molar-refractivity contribution in [1.82, 2.24) is 9.38 Å². The van der Waals surface area contributed by atoms with Crippen LogP contribution in [0.4, 0.5) is 0 Å². The summed E-state index contributed by atoms with van der Waals surface area (Å²) in [4.78, 5) is 4.76. The average Bonchev–Trinajstić information content (AvgIpc) is 2.94. The van der Waals surface area contributed by atoms with Crippen LogP contribution in [-0.4, -0.2) is 16.0 Å². The second-order valence-electron chi connectivity index (χ2n) is 5.50. The second kappa shape index (κ2) is 6.53. The van der Waals surface area contributed by atoms with Crippen LogP contribution in [0.3, 0.4) is 0 Å². The minimum Gasteiger partial charge on any atom is -0.494 e. The van der Waals surface area contributed by atoms with Gasteiger partial charge in [0.15, 0.2) is 0 Å². The number of pyridine rings is 1. The lowest BCUT2D eigenvalue weighted by atomic mass is 10.1. The molecule has 0 spiro atoms. The molecule has 0 aliphatic carbocycles. The number of rotatable bonds is 5. The Kier molecular flexibility index (Phi) is 4.29. The number of nitriles is 1. The first-order valence-electron chi connectivity index (χ1n) is 7.81. The van der Waals surface area contributed by atoms with Gasteiger partial charge in [0.25, 0.3) is 0 Å². The van der Waals surface area contributed by atoms with E-state index in [1.54, 1.807) is 0 Å². The van der Waals surface area contributed by atoms with E-state index in [0.717, 1.165) is 40.3 Å². The summed E-state index contributed by atoms with van der Waals surface area (Å²) in [6.07, 6.45) is 3.28. The molecule has 2 aromatic heterocycles. The van der Waals surface area contributed by atoms with E-state index in [1.165, 1.54) is 0 Å². The summed E-state index contributed by atoms with van der Waals surface area (Å²) in [5.74, 6) is 0.859. The quantitative estimate of drug-likeness (QED) is 0.711. The van der Waals surface area contributed by atoms with Gasteiger partial charge in [-0.2, -0.15) is 5.26 Å². The van der Waals surface area contributed by atoms with Crippen LogP contribution in [0.2, 0.25) is 0 Å². The van der Waals surface area contributed by atoms with Crippen molar-refractivity contribution < 1.29 is 4.74 Å². The van der Waals surface area contributed by atoms with Crippen molar-refractivity contribution in [3.8, 4) is 23.1 Å². The summed E-state index contributed by atoms with van der Waals surface area (Å²) < 4.78 is 7.63. The molecule has 0 aliphatic rings. The Labute approximate surface area is 136 Å². The number of hydrogen-bond donors (Lipinski definition) is 0. The van der Waals surface area contributed by atoms with Crippen LogP contribution in [0.25, 0.3) is 16.9 Å². The third kappa shape index (κ3) is 2.91. The maximum Gasteiger partial charge on any atom is 0.140 e. The van der Waals surface area contributed by atoms with E-state index in [2.05, 4.69) is 13.0 Å². The molecule has 0 N–H and O–H groups in total. The van der Waals surface area contributed by atoms with Crippen LogP contribution in [0.15, 0.2) is 42.6 Å². The first-order valence-corrected chi connectivity index (χ1v) is 7.81. The van der Waals surface area contributed by atoms with Crippen LogP contribution in [0.5, 0.6) is 5.75 Å². The SMILES string of the molecule is CCCOc1ccc(-c2nc3c(C)cccn3c2CC#N)cc1. The number of fused-ring (bicyclic) bond motifs is 1. The molecular weight excluding hydrogens is 286 g/mol. The van der Waals surface area contributed by atoms with E-state index in [9.17, 15) is 0 Å². The molecule has 116 valence electrons. The number of ether oxygens (including phenoxy) is 1. The third-order valence-electron chi connectivity index (χ3n) is 3.79. The number of benzene rings is 1. The normalized spacial score (nSPS) is 10.7. The molecule has 3 aromatic rings. The molecule has 0 unspecified atom stereocenters. The van der Waals surface area contributed by atoms with Gasteiger partial charge >= 0.3 is 0 Å². The predicted octanol–water partition coefficient (Wildman–Crippen LogP) is 4.16. The van der Waals surface area contributed by atoms with Gasteiger partial charge in [-0.15, -0.1) is 0 Å². The minimum absolute atomic E-state index is 0.327. The van der Waals surface area contributed by atoms with Crippen molar-refractivity contribution in [1.29, 1.82) is 5.26 Å². The summed E-state index contributed by atoms with van der Waals surface area (Å²) in [7, 11) is 0. The van der Waals surface area contributed by atoms with Gasteiger partial charge in [-0.25, -0.2) is 4.98 Å². The first kappa shape index (κ1) is 15.1. The molecular formula is C19H19N3O. The molecule has 0 atom stereocenters. The predicted molar refractivity (Wildman–Crippen MR) is 90.5 cm³/mol. The van der Waals surface area contributed by atoms with Gasteiger partial charge < -0.3 is 9.14 Å². The Bertz CT molecular complexity index is 857. The van der Waals surface area contributed by atoms with Crippen LogP contribution in [0.1, 0.15) is 24.6 Å². The molecule has 0 saturated heterocycles. The van der Waals surface area contributed by atoms with Crippen LogP contribution in [-0.2, 0) is 6.42 Å². The molecule has 0 fully saturated rings. The van der Waals surface area contributed by atoms with E-state index in [-0.39, 0.29) is 0 Å². The zero-order chi connectivity index (χ0) is 16.2. The van der Waals surface area contributed by atoms with E-state index in [1.807, 2.05) is 53.9 Å². The Morgan fingerprint density at radius 1 is 1.22 bits per heavy atom. The zero-order valence-electron chi connectivity index (χ0n) is 13.4. The zero-order valence-corrected chi connectivity index (χ0v) is 13.4. The van der Waals surface area contributed by atoms with E-state index >= 15 is 0 Å². The van der Waals surface area contributed by atoms with Crippen LogP contribution < -0.4 is 4.74 Å². The highest BCUT2D eigenvalue weighted by Gasteiger charge is 2.14. The van der Waals surface area contributed by atoms with Gasteiger partial charge in [-0.1, -0.05) is 13.0 Å². The molecule has 4 heteroatoms. The Hall–Kier alpha value is -2.80. The fraction of sp³-hybridized carbons (Fsp3) is 0.263. The van der Waals surface area contributed by atoms with Gasteiger partial charge in [0, 0.05) is 11.8 Å². The molecule has 2 heterocycles. The van der Waals surface area contributed by atoms with Crippen molar-refractivity contribution in [2.75, 3.05) is 6.61 Å². The van der Waals surface area contributed by atoms with Gasteiger partial charge in [-0.3, -0.25) is 0 Å². The Balaban J connectivity index is 2.06. The lowest BCUT2D eigenvalue weighted by Gasteiger charge is -2.06. The molecule has 23 heavy (non-hydrogen) atoms. The summed E-state index contributed by atoms with van der Waals surface area (Å²) in [5, 5.41) is 9.17. The molecule has 0 aliphatic heterocycles. The van der Waals surface area contributed by atoms with Crippen molar-refractivity contribution in [2.24, 2.45) is 0 Å². The summed E-state index contributed by atoms with van der Waals surface area (Å²) in [6.45, 7) is 4.83. The molecule has 3 rings (SSSR count). The van der Waals surface area contributed by atoms with Crippen molar-refractivity contribution >= 4 is 5.65 Å². The van der Waals surface area contributed by atoms with Gasteiger partial charge in [0.05, 0.1) is 30.5 Å². The number of aromatic nitrogens is 2. The highest BCUT2D eigenvalue weighted by atomic mass is 16.5. The van der Waals surface area contributed by atoms with Gasteiger partial charge in [0.2, 0.25) is 0 Å². The molecule has 1 aromatic carbocycles. The van der Waals surface area contributed by atoms with Crippen LogP contribution >= 0.6 is 0 Å².